The van der Waals surface area contributed by atoms with Crippen LogP contribution in [-0.2, 0) is 4.79 Å². The van der Waals surface area contributed by atoms with Gasteiger partial charge in [0.15, 0.2) is 0 Å². The van der Waals surface area contributed by atoms with Gasteiger partial charge in [-0.2, -0.15) is 5.26 Å². The van der Waals surface area contributed by atoms with Crippen molar-refractivity contribution >= 4 is 23.2 Å². The van der Waals surface area contributed by atoms with Crippen molar-refractivity contribution in [2.75, 3.05) is 11.4 Å². The van der Waals surface area contributed by atoms with Crippen LogP contribution in [0.1, 0.15) is 29.0 Å². The normalized spacial score (nSPS) is 16.0. The first-order valence-electron chi connectivity index (χ1n) is 9.38. The van der Waals surface area contributed by atoms with E-state index in [0.29, 0.717) is 35.1 Å². The van der Waals surface area contributed by atoms with E-state index in [4.69, 9.17) is 21.6 Å². The average molecular weight is 403 g/mol. The van der Waals surface area contributed by atoms with E-state index in [0.717, 1.165) is 16.8 Å². The minimum atomic E-state index is 0.0638. The largest absolute Gasteiger partial charge is 0.456 e. The fraction of sp³-hybridized carbons (Fsp3) is 0.167. The first kappa shape index (κ1) is 19.0. The fourth-order valence-corrected chi connectivity index (χ4v) is 3.67. The van der Waals surface area contributed by atoms with Crippen LogP contribution in [0, 0.1) is 18.3 Å². The van der Waals surface area contributed by atoms with Crippen molar-refractivity contribution in [1.29, 1.82) is 5.26 Å². The van der Waals surface area contributed by atoms with Crippen LogP contribution < -0.4 is 9.64 Å². The lowest BCUT2D eigenvalue weighted by Gasteiger charge is -2.17. The Hall–Kier alpha value is -3.29. The highest BCUT2D eigenvalue weighted by Crippen LogP contribution is 2.37. The van der Waals surface area contributed by atoms with E-state index in [-0.39, 0.29) is 11.8 Å². The molecule has 144 valence electrons. The van der Waals surface area contributed by atoms with E-state index >= 15 is 0 Å². The molecule has 0 radical (unpaired) electrons. The van der Waals surface area contributed by atoms with Gasteiger partial charge in [-0.3, -0.25) is 4.79 Å². The van der Waals surface area contributed by atoms with Crippen LogP contribution in [0.15, 0.2) is 66.7 Å². The summed E-state index contributed by atoms with van der Waals surface area (Å²) in [6.45, 7) is 2.65. The first-order chi connectivity index (χ1) is 14.0. The molecule has 3 aromatic rings. The number of aryl methyl sites for hydroxylation is 1. The Kier molecular flexibility index (Phi) is 5.24. The molecule has 0 bridgehead atoms. The molecule has 1 unspecified atom stereocenters. The number of carbonyl (C=O) groups is 1. The molecular weight excluding hydrogens is 384 g/mol. The highest BCUT2D eigenvalue weighted by molar-refractivity contribution is 6.32. The zero-order chi connectivity index (χ0) is 20.4. The number of nitrogens with zero attached hydrogens (tertiary/aromatic N) is 2. The van der Waals surface area contributed by atoms with Crippen molar-refractivity contribution in [3.8, 4) is 17.6 Å². The summed E-state index contributed by atoms with van der Waals surface area (Å²) in [4.78, 5) is 14.4. The molecule has 5 heteroatoms. The highest BCUT2D eigenvalue weighted by Gasteiger charge is 2.32. The maximum Gasteiger partial charge on any atom is 0.227 e. The zero-order valence-electron chi connectivity index (χ0n) is 15.9. The summed E-state index contributed by atoms with van der Waals surface area (Å²) in [5.41, 5.74) is 3.60. The maximum absolute atomic E-state index is 12.6. The van der Waals surface area contributed by atoms with E-state index in [1.54, 1.807) is 30.3 Å². The molecule has 1 fully saturated rings. The Labute approximate surface area is 174 Å². The third-order valence-electron chi connectivity index (χ3n) is 5.09. The predicted octanol–water partition coefficient (Wildman–Crippen LogP) is 5.83. The van der Waals surface area contributed by atoms with Gasteiger partial charge >= 0.3 is 0 Å². The first-order valence-corrected chi connectivity index (χ1v) is 9.76. The summed E-state index contributed by atoms with van der Waals surface area (Å²) in [6.07, 6.45) is 0.443. The number of halogens is 1. The molecule has 0 saturated carbocycles. The van der Waals surface area contributed by atoms with Gasteiger partial charge in [0.05, 0.1) is 16.7 Å². The number of anilines is 1. The second-order valence-electron chi connectivity index (χ2n) is 7.17. The topological polar surface area (TPSA) is 53.3 Å². The van der Waals surface area contributed by atoms with Crippen LogP contribution in [0.3, 0.4) is 0 Å². The Bertz CT molecular complexity index is 1100. The molecule has 4 rings (SSSR count). The smallest absolute Gasteiger partial charge is 0.227 e. The third kappa shape index (κ3) is 4.11. The molecule has 0 aromatic heterocycles. The number of hydrogen-bond donors (Lipinski definition) is 0. The van der Waals surface area contributed by atoms with Crippen LogP contribution in [0.25, 0.3) is 0 Å². The van der Waals surface area contributed by atoms with E-state index < -0.39 is 0 Å². The van der Waals surface area contributed by atoms with Gasteiger partial charge in [-0.05, 0) is 55.0 Å². The van der Waals surface area contributed by atoms with Crippen molar-refractivity contribution in [1.82, 2.24) is 0 Å². The Morgan fingerprint density at radius 2 is 1.90 bits per heavy atom. The summed E-state index contributed by atoms with van der Waals surface area (Å²) in [7, 11) is 0. The maximum atomic E-state index is 12.6. The number of amides is 1. The minimum Gasteiger partial charge on any atom is -0.456 e. The molecule has 29 heavy (non-hydrogen) atoms. The minimum absolute atomic E-state index is 0.0638. The van der Waals surface area contributed by atoms with Crippen molar-refractivity contribution in [2.24, 2.45) is 0 Å². The lowest BCUT2D eigenvalue weighted by Crippen LogP contribution is -2.24. The summed E-state index contributed by atoms with van der Waals surface area (Å²) < 4.78 is 5.92. The fourth-order valence-electron chi connectivity index (χ4n) is 3.51. The quantitative estimate of drug-likeness (QED) is 0.551. The molecule has 1 aliphatic heterocycles. The Balaban J connectivity index is 1.56. The SMILES string of the molecule is Cc1ccc(N2CC(c3ccc(Cl)c(Oc4cccc(C#N)c4)c3)CC2=O)cc1. The van der Waals surface area contributed by atoms with Crippen molar-refractivity contribution in [3.63, 3.8) is 0 Å². The number of ether oxygens (including phenoxy) is 1. The van der Waals surface area contributed by atoms with Crippen LogP contribution in [0.4, 0.5) is 5.69 Å². The number of carbonyl (C=O) groups excluding carboxylic acids is 1. The molecule has 4 nitrogen and oxygen atoms in total. The van der Waals surface area contributed by atoms with Gasteiger partial charge in [0.25, 0.3) is 0 Å². The van der Waals surface area contributed by atoms with Crippen molar-refractivity contribution in [3.05, 3.63) is 88.4 Å². The van der Waals surface area contributed by atoms with E-state index in [9.17, 15) is 4.79 Å². The molecule has 1 saturated heterocycles. The van der Waals surface area contributed by atoms with Crippen molar-refractivity contribution in [2.45, 2.75) is 19.3 Å². The highest BCUT2D eigenvalue weighted by atomic mass is 35.5. The van der Waals surface area contributed by atoms with Gasteiger partial charge in [-0.15, -0.1) is 0 Å². The zero-order valence-corrected chi connectivity index (χ0v) is 16.7. The predicted molar refractivity (Wildman–Crippen MR) is 114 cm³/mol. The van der Waals surface area contributed by atoms with Gasteiger partial charge in [0.1, 0.15) is 11.5 Å². The van der Waals surface area contributed by atoms with Crippen LogP contribution in [0.2, 0.25) is 5.02 Å². The lowest BCUT2D eigenvalue weighted by atomic mass is 9.98. The van der Waals surface area contributed by atoms with Crippen LogP contribution in [-0.4, -0.2) is 12.5 Å². The molecule has 1 amide bonds. The number of rotatable bonds is 4. The molecule has 1 aliphatic rings. The lowest BCUT2D eigenvalue weighted by molar-refractivity contribution is -0.117. The summed E-state index contributed by atoms with van der Waals surface area (Å²) in [5.74, 6) is 1.24. The standard InChI is InChI=1S/C24H19ClN2O2/c1-16-5-8-20(9-6-16)27-15-19(13-24(27)28)18-7-10-22(25)23(12-18)29-21-4-2-3-17(11-21)14-26/h2-12,19H,13,15H2,1H3. The monoisotopic (exact) mass is 402 g/mol. The van der Waals surface area contributed by atoms with Gasteiger partial charge < -0.3 is 9.64 Å². The molecular formula is C24H19ClN2O2. The summed E-state index contributed by atoms with van der Waals surface area (Å²) in [6, 6.07) is 22.6. The van der Waals surface area contributed by atoms with Crippen LogP contribution in [0.5, 0.6) is 11.5 Å². The van der Waals surface area contributed by atoms with Gasteiger partial charge in [-0.25, -0.2) is 0 Å². The van der Waals surface area contributed by atoms with Crippen molar-refractivity contribution < 1.29 is 9.53 Å². The Morgan fingerprint density at radius 1 is 1.10 bits per heavy atom. The average Bonchev–Trinajstić information content (AvgIpc) is 3.12. The number of hydrogen-bond acceptors (Lipinski definition) is 3. The second-order valence-corrected chi connectivity index (χ2v) is 7.58. The number of benzene rings is 3. The number of nitriles is 1. The third-order valence-corrected chi connectivity index (χ3v) is 5.40. The van der Waals surface area contributed by atoms with E-state index in [2.05, 4.69) is 6.07 Å². The molecule has 0 spiro atoms. The van der Waals surface area contributed by atoms with E-state index in [1.165, 1.54) is 0 Å². The summed E-state index contributed by atoms with van der Waals surface area (Å²) >= 11 is 6.33. The second kappa shape index (κ2) is 7.98. The van der Waals surface area contributed by atoms with Gasteiger partial charge in [0.2, 0.25) is 5.91 Å². The van der Waals surface area contributed by atoms with Gasteiger partial charge in [-0.1, -0.05) is 41.4 Å². The van der Waals surface area contributed by atoms with E-state index in [1.807, 2.05) is 48.2 Å². The Morgan fingerprint density at radius 3 is 2.66 bits per heavy atom. The molecule has 1 heterocycles. The molecule has 0 N–H and O–H groups in total. The molecule has 1 atom stereocenters. The summed E-state index contributed by atoms with van der Waals surface area (Å²) in [5, 5.41) is 9.54. The van der Waals surface area contributed by atoms with Crippen LogP contribution >= 0.6 is 11.6 Å². The molecule has 0 aliphatic carbocycles. The molecule has 3 aromatic carbocycles. The van der Waals surface area contributed by atoms with Gasteiger partial charge in [0, 0.05) is 24.6 Å².